The molecule has 0 aliphatic heterocycles. The van der Waals surface area contributed by atoms with Gasteiger partial charge in [-0.15, -0.1) is 0 Å². The van der Waals surface area contributed by atoms with Gasteiger partial charge in [0.2, 0.25) is 5.91 Å². The van der Waals surface area contributed by atoms with Crippen LogP contribution in [0, 0.1) is 6.92 Å². The molecule has 0 fully saturated rings. The quantitative estimate of drug-likeness (QED) is 0.191. The van der Waals surface area contributed by atoms with Gasteiger partial charge in [0.25, 0.3) is 10.0 Å². The van der Waals surface area contributed by atoms with E-state index < -0.39 is 22.5 Å². The standard InChI is InChI=1S/C33H28N2O5S/c1-25-16-22-30(23-17-25)41(37,38)35(26-18-20-29(21-19-26)39-27-10-4-2-5-11-27)24-33(36)34-31-14-8-9-15-32(31)40-28-12-6-3-7-13-28/h2-23H,24H2,1H3,(H,34,36). The fourth-order valence-electron chi connectivity index (χ4n) is 4.05. The predicted molar refractivity (Wildman–Crippen MR) is 160 cm³/mol. The van der Waals surface area contributed by atoms with Crippen molar-refractivity contribution in [2.75, 3.05) is 16.2 Å². The smallest absolute Gasteiger partial charge is 0.264 e. The van der Waals surface area contributed by atoms with Crippen LogP contribution in [0.5, 0.6) is 23.0 Å². The summed E-state index contributed by atoms with van der Waals surface area (Å²) < 4.78 is 40.5. The predicted octanol–water partition coefficient (Wildman–Crippen LogP) is 7.41. The highest BCUT2D eigenvalue weighted by Gasteiger charge is 2.27. The SMILES string of the molecule is Cc1ccc(S(=O)(=O)N(CC(=O)Nc2ccccc2Oc2ccccc2)c2ccc(Oc3ccccc3)cc2)cc1. The topological polar surface area (TPSA) is 84.9 Å². The molecule has 0 radical (unpaired) electrons. The summed E-state index contributed by atoms with van der Waals surface area (Å²) in [7, 11) is -4.09. The summed E-state index contributed by atoms with van der Waals surface area (Å²) in [5, 5.41) is 2.81. The molecular formula is C33H28N2O5S. The summed E-state index contributed by atoms with van der Waals surface area (Å²) in [4.78, 5) is 13.4. The molecule has 0 aromatic heterocycles. The number of carbonyl (C=O) groups excluding carboxylic acids is 1. The Hall–Kier alpha value is -5.08. The number of rotatable bonds is 10. The van der Waals surface area contributed by atoms with Crippen LogP contribution in [-0.4, -0.2) is 20.9 Å². The summed E-state index contributed by atoms with van der Waals surface area (Å²) in [6.45, 7) is 1.41. The Morgan fingerprint density at radius 1 is 0.659 bits per heavy atom. The van der Waals surface area contributed by atoms with E-state index >= 15 is 0 Å². The van der Waals surface area contributed by atoms with Gasteiger partial charge in [-0.3, -0.25) is 9.10 Å². The highest BCUT2D eigenvalue weighted by atomic mass is 32.2. The first kappa shape index (κ1) is 27.5. The van der Waals surface area contributed by atoms with Gasteiger partial charge in [0.1, 0.15) is 23.8 Å². The number of ether oxygens (including phenoxy) is 2. The van der Waals surface area contributed by atoms with E-state index in [-0.39, 0.29) is 4.90 Å². The molecule has 0 atom stereocenters. The second-order valence-corrected chi connectivity index (χ2v) is 11.1. The maximum absolute atomic E-state index is 13.8. The van der Waals surface area contributed by atoms with Crippen molar-refractivity contribution in [3.05, 3.63) is 139 Å². The van der Waals surface area contributed by atoms with Gasteiger partial charge in [-0.1, -0.05) is 66.2 Å². The summed E-state index contributed by atoms with van der Waals surface area (Å²) >= 11 is 0. The number of para-hydroxylation sites is 4. The average Bonchev–Trinajstić information content (AvgIpc) is 2.99. The van der Waals surface area contributed by atoms with E-state index in [0.29, 0.717) is 34.4 Å². The van der Waals surface area contributed by atoms with Crippen LogP contribution >= 0.6 is 0 Å². The lowest BCUT2D eigenvalue weighted by Crippen LogP contribution is -2.38. The summed E-state index contributed by atoms with van der Waals surface area (Å²) in [6, 6.07) is 38.5. The second kappa shape index (κ2) is 12.4. The van der Waals surface area contributed by atoms with Crippen LogP contribution in [0.3, 0.4) is 0 Å². The largest absolute Gasteiger partial charge is 0.457 e. The monoisotopic (exact) mass is 564 g/mol. The zero-order chi connectivity index (χ0) is 28.7. The Kier molecular flexibility index (Phi) is 8.31. The van der Waals surface area contributed by atoms with Crippen LogP contribution in [0.4, 0.5) is 11.4 Å². The summed E-state index contributed by atoms with van der Waals surface area (Å²) in [5.41, 5.74) is 1.65. The molecule has 0 spiro atoms. The van der Waals surface area contributed by atoms with Crippen molar-refractivity contribution in [3.8, 4) is 23.0 Å². The van der Waals surface area contributed by atoms with Crippen LogP contribution in [0.1, 0.15) is 5.56 Å². The van der Waals surface area contributed by atoms with Gasteiger partial charge < -0.3 is 14.8 Å². The highest BCUT2D eigenvalue weighted by Crippen LogP contribution is 2.31. The summed E-state index contributed by atoms with van der Waals surface area (Å²) in [6.07, 6.45) is 0. The molecule has 5 aromatic rings. The molecule has 0 unspecified atom stereocenters. The van der Waals surface area contributed by atoms with Crippen LogP contribution < -0.4 is 19.1 Å². The molecule has 7 nitrogen and oxygen atoms in total. The van der Waals surface area contributed by atoms with Crippen molar-refractivity contribution in [1.82, 2.24) is 0 Å². The number of amides is 1. The van der Waals surface area contributed by atoms with Crippen molar-refractivity contribution in [3.63, 3.8) is 0 Å². The van der Waals surface area contributed by atoms with E-state index in [1.54, 1.807) is 72.8 Å². The zero-order valence-corrected chi connectivity index (χ0v) is 23.1. The number of aryl methyl sites for hydroxylation is 1. The first-order valence-corrected chi connectivity index (χ1v) is 14.4. The third-order valence-electron chi connectivity index (χ3n) is 6.13. The molecule has 0 saturated carbocycles. The third-order valence-corrected chi connectivity index (χ3v) is 7.92. The Bertz CT molecular complexity index is 1710. The van der Waals surface area contributed by atoms with Crippen LogP contribution in [0.15, 0.2) is 138 Å². The lowest BCUT2D eigenvalue weighted by Gasteiger charge is -2.24. The maximum atomic E-state index is 13.8. The molecule has 5 rings (SSSR count). The minimum atomic E-state index is -4.09. The Balaban J connectivity index is 1.41. The van der Waals surface area contributed by atoms with Crippen molar-refractivity contribution in [1.29, 1.82) is 0 Å². The highest BCUT2D eigenvalue weighted by molar-refractivity contribution is 7.92. The molecule has 0 aliphatic rings. The van der Waals surface area contributed by atoms with Gasteiger partial charge in [0.05, 0.1) is 16.3 Å². The van der Waals surface area contributed by atoms with E-state index in [9.17, 15) is 13.2 Å². The number of sulfonamides is 1. The summed E-state index contributed by atoms with van der Waals surface area (Å²) in [5.74, 6) is 1.69. The fourth-order valence-corrected chi connectivity index (χ4v) is 5.47. The molecule has 41 heavy (non-hydrogen) atoms. The van der Waals surface area contributed by atoms with Crippen LogP contribution in [0.2, 0.25) is 0 Å². The molecule has 0 saturated heterocycles. The Labute approximate surface area is 239 Å². The van der Waals surface area contributed by atoms with E-state index in [4.69, 9.17) is 9.47 Å². The second-order valence-electron chi connectivity index (χ2n) is 9.19. The van der Waals surface area contributed by atoms with Crippen molar-refractivity contribution in [2.45, 2.75) is 11.8 Å². The maximum Gasteiger partial charge on any atom is 0.264 e. The molecule has 1 amide bonds. The van der Waals surface area contributed by atoms with Crippen molar-refractivity contribution in [2.24, 2.45) is 0 Å². The van der Waals surface area contributed by atoms with Crippen LogP contribution in [0.25, 0.3) is 0 Å². The minimum absolute atomic E-state index is 0.0772. The van der Waals surface area contributed by atoms with Crippen molar-refractivity contribution >= 4 is 27.3 Å². The minimum Gasteiger partial charge on any atom is -0.457 e. The normalized spacial score (nSPS) is 11.0. The van der Waals surface area contributed by atoms with Gasteiger partial charge in [0.15, 0.2) is 5.75 Å². The third kappa shape index (κ3) is 6.93. The van der Waals surface area contributed by atoms with Gasteiger partial charge in [0, 0.05) is 0 Å². The van der Waals surface area contributed by atoms with E-state index in [1.165, 1.54) is 12.1 Å². The number of nitrogens with one attached hydrogen (secondary N) is 1. The Morgan fingerprint density at radius 3 is 1.83 bits per heavy atom. The molecule has 5 aromatic carbocycles. The molecular weight excluding hydrogens is 536 g/mol. The van der Waals surface area contributed by atoms with E-state index in [2.05, 4.69) is 5.32 Å². The zero-order valence-electron chi connectivity index (χ0n) is 22.3. The van der Waals surface area contributed by atoms with E-state index in [0.717, 1.165) is 9.87 Å². The number of anilines is 2. The first-order chi connectivity index (χ1) is 19.9. The number of carbonyl (C=O) groups is 1. The average molecular weight is 565 g/mol. The number of nitrogens with zero attached hydrogens (tertiary/aromatic N) is 1. The Morgan fingerprint density at radius 2 is 1.20 bits per heavy atom. The van der Waals surface area contributed by atoms with Crippen LogP contribution in [-0.2, 0) is 14.8 Å². The van der Waals surface area contributed by atoms with Gasteiger partial charge >= 0.3 is 0 Å². The lowest BCUT2D eigenvalue weighted by molar-refractivity contribution is -0.114. The molecule has 0 aliphatic carbocycles. The van der Waals surface area contributed by atoms with Gasteiger partial charge in [-0.25, -0.2) is 8.42 Å². The molecule has 0 bridgehead atoms. The molecule has 1 N–H and O–H groups in total. The number of hydrogen-bond donors (Lipinski definition) is 1. The lowest BCUT2D eigenvalue weighted by atomic mass is 10.2. The number of hydrogen-bond acceptors (Lipinski definition) is 5. The van der Waals surface area contributed by atoms with Crippen molar-refractivity contribution < 1.29 is 22.7 Å². The van der Waals surface area contributed by atoms with Gasteiger partial charge in [-0.05, 0) is 79.7 Å². The first-order valence-electron chi connectivity index (χ1n) is 12.9. The fraction of sp³-hybridized carbons (Fsp3) is 0.0606. The molecule has 206 valence electrons. The number of benzene rings is 5. The van der Waals surface area contributed by atoms with E-state index in [1.807, 2.05) is 55.5 Å². The molecule has 0 heterocycles. The molecule has 8 heteroatoms. The van der Waals surface area contributed by atoms with Gasteiger partial charge in [-0.2, -0.15) is 0 Å².